The summed E-state index contributed by atoms with van der Waals surface area (Å²) in [6.45, 7) is 1.96. The molecule has 1 aromatic heterocycles. The number of ether oxygens (including phenoxy) is 1. The highest BCUT2D eigenvalue weighted by atomic mass is 16.5. The summed E-state index contributed by atoms with van der Waals surface area (Å²) in [5, 5.41) is 2.87. The van der Waals surface area contributed by atoms with Crippen molar-refractivity contribution in [3.63, 3.8) is 0 Å². The fourth-order valence-electron chi connectivity index (χ4n) is 4.28. The number of carbonyl (C=O) groups excluding carboxylic acids is 1. The monoisotopic (exact) mass is 401 g/mol. The van der Waals surface area contributed by atoms with Crippen LogP contribution in [0.2, 0.25) is 0 Å². The van der Waals surface area contributed by atoms with E-state index < -0.39 is 5.54 Å². The Morgan fingerprint density at radius 1 is 1.07 bits per heavy atom. The number of aromatic nitrogens is 1. The van der Waals surface area contributed by atoms with Crippen LogP contribution in [0.1, 0.15) is 29.7 Å². The van der Waals surface area contributed by atoms with Crippen molar-refractivity contribution in [1.82, 2.24) is 15.2 Å². The van der Waals surface area contributed by atoms with E-state index in [4.69, 9.17) is 4.74 Å². The predicted molar refractivity (Wildman–Crippen MR) is 117 cm³/mol. The first kappa shape index (κ1) is 20.1. The van der Waals surface area contributed by atoms with Crippen LogP contribution in [0.15, 0.2) is 79.0 Å². The minimum atomic E-state index is -0.761. The summed E-state index contributed by atoms with van der Waals surface area (Å²) in [5.41, 5.74) is 2.23. The number of rotatable bonds is 7. The Labute approximate surface area is 177 Å². The lowest BCUT2D eigenvalue weighted by atomic mass is 9.89. The van der Waals surface area contributed by atoms with E-state index in [1.165, 1.54) is 0 Å². The molecule has 1 amide bonds. The highest BCUT2D eigenvalue weighted by molar-refractivity contribution is 5.87. The molecule has 0 unspecified atom stereocenters. The standard InChI is InChI=1S/C25H27N3O2/c1-26-24(29)25(23-14-7-8-16-27-23)15-9-17-28(25)18-21-12-5-6-13-22(21)30-19-20-10-3-2-4-11-20/h2-8,10-14,16H,9,15,17-19H2,1H3,(H,26,29)/t25-/m0/s1. The van der Waals surface area contributed by atoms with Crippen molar-refractivity contribution in [3.8, 4) is 5.75 Å². The first-order valence-corrected chi connectivity index (χ1v) is 10.4. The van der Waals surface area contributed by atoms with Gasteiger partial charge in [0.25, 0.3) is 0 Å². The Morgan fingerprint density at radius 2 is 1.83 bits per heavy atom. The van der Waals surface area contributed by atoms with Gasteiger partial charge in [-0.05, 0) is 43.1 Å². The molecule has 1 N–H and O–H groups in total. The zero-order valence-corrected chi connectivity index (χ0v) is 17.3. The third-order valence-corrected chi connectivity index (χ3v) is 5.77. The van der Waals surface area contributed by atoms with E-state index in [1.807, 2.05) is 54.6 Å². The van der Waals surface area contributed by atoms with Crippen LogP contribution < -0.4 is 10.1 Å². The molecule has 2 heterocycles. The summed E-state index contributed by atoms with van der Waals surface area (Å²) >= 11 is 0. The summed E-state index contributed by atoms with van der Waals surface area (Å²) in [6.07, 6.45) is 3.45. The largest absolute Gasteiger partial charge is 0.489 e. The number of nitrogens with zero attached hydrogens (tertiary/aromatic N) is 2. The second-order valence-corrected chi connectivity index (χ2v) is 7.56. The molecular formula is C25H27N3O2. The van der Waals surface area contributed by atoms with Gasteiger partial charge in [0.05, 0.1) is 5.69 Å². The number of carbonyl (C=O) groups is 1. The van der Waals surface area contributed by atoms with Gasteiger partial charge in [-0.25, -0.2) is 0 Å². The molecule has 1 aliphatic rings. The average molecular weight is 402 g/mol. The second-order valence-electron chi connectivity index (χ2n) is 7.56. The predicted octanol–water partition coefficient (Wildman–Crippen LogP) is 3.90. The lowest BCUT2D eigenvalue weighted by Gasteiger charge is -2.36. The molecular weight excluding hydrogens is 374 g/mol. The molecule has 5 heteroatoms. The topological polar surface area (TPSA) is 54.5 Å². The number of likely N-dealkylation sites (tertiary alicyclic amines) is 1. The Balaban J connectivity index is 1.61. The van der Waals surface area contributed by atoms with Crippen molar-refractivity contribution in [2.24, 2.45) is 0 Å². The van der Waals surface area contributed by atoms with Crippen LogP contribution in [0.25, 0.3) is 0 Å². The number of benzene rings is 2. The van der Waals surface area contributed by atoms with Crippen molar-refractivity contribution in [3.05, 3.63) is 95.8 Å². The molecule has 0 bridgehead atoms. The number of likely N-dealkylation sites (N-methyl/N-ethyl adjacent to an activating group) is 1. The van der Waals surface area contributed by atoms with Gasteiger partial charge < -0.3 is 10.1 Å². The molecule has 3 aromatic rings. The summed E-state index contributed by atoms with van der Waals surface area (Å²) < 4.78 is 6.15. The molecule has 5 nitrogen and oxygen atoms in total. The SMILES string of the molecule is CNC(=O)[C@@]1(c2ccccn2)CCCN1Cc1ccccc1OCc1ccccc1. The maximum atomic E-state index is 13.1. The Morgan fingerprint density at radius 3 is 2.60 bits per heavy atom. The van der Waals surface area contributed by atoms with Crippen LogP contribution in [0.4, 0.5) is 0 Å². The Hall–Kier alpha value is -3.18. The van der Waals surface area contributed by atoms with Gasteiger partial charge in [0.1, 0.15) is 17.9 Å². The van der Waals surface area contributed by atoms with Crippen LogP contribution in [0.3, 0.4) is 0 Å². The molecule has 2 aromatic carbocycles. The van der Waals surface area contributed by atoms with E-state index in [1.54, 1.807) is 13.2 Å². The average Bonchev–Trinajstić information content (AvgIpc) is 3.23. The van der Waals surface area contributed by atoms with Gasteiger partial charge >= 0.3 is 0 Å². The summed E-state index contributed by atoms with van der Waals surface area (Å²) in [4.78, 5) is 19.9. The van der Waals surface area contributed by atoms with Crippen molar-refractivity contribution >= 4 is 5.91 Å². The van der Waals surface area contributed by atoms with E-state index in [0.29, 0.717) is 13.2 Å². The van der Waals surface area contributed by atoms with E-state index in [2.05, 4.69) is 33.4 Å². The van der Waals surface area contributed by atoms with E-state index in [9.17, 15) is 4.79 Å². The fraction of sp³-hybridized carbons (Fsp3) is 0.280. The number of amides is 1. The molecule has 1 atom stereocenters. The van der Waals surface area contributed by atoms with Crippen LogP contribution >= 0.6 is 0 Å². The van der Waals surface area contributed by atoms with Gasteiger partial charge in [-0.1, -0.05) is 54.6 Å². The van der Waals surface area contributed by atoms with Gasteiger partial charge in [-0.3, -0.25) is 14.7 Å². The molecule has 1 fully saturated rings. The first-order valence-electron chi connectivity index (χ1n) is 10.4. The molecule has 0 spiro atoms. The molecule has 1 aliphatic heterocycles. The van der Waals surface area contributed by atoms with Crippen LogP contribution in [-0.2, 0) is 23.5 Å². The van der Waals surface area contributed by atoms with Crippen LogP contribution in [0, 0.1) is 0 Å². The maximum absolute atomic E-state index is 13.1. The molecule has 0 saturated carbocycles. The molecule has 0 radical (unpaired) electrons. The van der Waals surface area contributed by atoms with Crippen LogP contribution in [0.5, 0.6) is 5.75 Å². The van der Waals surface area contributed by atoms with Crippen molar-refractivity contribution in [1.29, 1.82) is 0 Å². The van der Waals surface area contributed by atoms with Gasteiger partial charge in [0, 0.05) is 25.4 Å². The van der Waals surface area contributed by atoms with Crippen molar-refractivity contribution < 1.29 is 9.53 Å². The van der Waals surface area contributed by atoms with Gasteiger partial charge in [-0.15, -0.1) is 0 Å². The van der Waals surface area contributed by atoms with E-state index in [0.717, 1.165) is 42.0 Å². The number of para-hydroxylation sites is 1. The highest BCUT2D eigenvalue weighted by Gasteiger charge is 2.49. The summed E-state index contributed by atoms with van der Waals surface area (Å²) in [7, 11) is 1.69. The lowest BCUT2D eigenvalue weighted by Crippen LogP contribution is -2.52. The van der Waals surface area contributed by atoms with Crippen molar-refractivity contribution in [2.75, 3.05) is 13.6 Å². The number of hydrogen-bond donors (Lipinski definition) is 1. The number of pyridine rings is 1. The maximum Gasteiger partial charge on any atom is 0.246 e. The highest BCUT2D eigenvalue weighted by Crippen LogP contribution is 2.40. The van der Waals surface area contributed by atoms with Crippen molar-refractivity contribution in [2.45, 2.75) is 31.5 Å². The molecule has 154 valence electrons. The first-order chi connectivity index (χ1) is 14.7. The number of nitrogens with one attached hydrogen (secondary N) is 1. The summed E-state index contributed by atoms with van der Waals surface area (Å²) in [6, 6.07) is 24.0. The van der Waals surface area contributed by atoms with Gasteiger partial charge in [-0.2, -0.15) is 0 Å². The molecule has 1 saturated heterocycles. The number of hydrogen-bond acceptors (Lipinski definition) is 4. The minimum Gasteiger partial charge on any atom is -0.489 e. The lowest BCUT2D eigenvalue weighted by molar-refractivity contribution is -0.132. The van der Waals surface area contributed by atoms with E-state index in [-0.39, 0.29) is 5.91 Å². The molecule has 30 heavy (non-hydrogen) atoms. The second kappa shape index (κ2) is 9.09. The Kier molecular flexibility index (Phi) is 6.10. The zero-order chi connectivity index (χ0) is 20.8. The molecule has 4 rings (SSSR count). The molecule has 0 aliphatic carbocycles. The summed E-state index contributed by atoms with van der Waals surface area (Å²) in [5.74, 6) is 0.835. The quantitative estimate of drug-likeness (QED) is 0.652. The Bertz CT molecular complexity index is 978. The smallest absolute Gasteiger partial charge is 0.246 e. The minimum absolute atomic E-state index is 0.0126. The third kappa shape index (κ3) is 3.94. The van der Waals surface area contributed by atoms with Gasteiger partial charge in [0.15, 0.2) is 0 Å². The van der Waals surface area contributed by atoms with Gasteiger partial charge in [0.2, 0.25) is 5.91 Å². The third-order valence-electron chi connectivity index (χ3n) is 5.77. The van der Waals surface area contributed by atoms with Crippen LogP contribution in [-0.4, -0.2) is 29.4 Å². The zero-order valence-electron chi connectivity index (χ0n) is 17.3. The van der Waals surface area contributed by atoms with E-state index >= 15 is 0 Å². The fourth-order valence-corrected chi connectivity index (χ4v) is 4.28. The normalized spacial score (nSPS) is 18.8.